The van der Waals surface area contributed by atoms with E-state index in [0.29, 0.717) is 0 Å². The molecule has 0 bridgehead atoms. The summed E-state index contributed by atoms with van der Waals surface area (Å²) < 4.78 is 10.1. The van der Waals surface area contributed by atoms with E-state index in [1.807, 2.05) is 30.3 Å². The van der Waals surface area contributed by atoms with Crippen LogP contribution in [0, 0.1) is 0 Å². The Labute approximate surface area is 152 Å². The number of carbonyl (C=O) groups excluding carboxylic acids is 1. The molecule has 1 unspecified atom stereocenters. The molecule has 0 aliphatic carbocycles. The summed E-state index contributed by atoms with van der Waals surface area (Å²) in [6.07, 6.45) is 9.80. The fraction of sp³-hybridized carbons (Fsp3) is 0.571. The van der Waals surface area contributed by atoms with Gasteiger partial charge < -0.3 is 14.6 Å². The number of unbranched alkanes of at least 4 members (excludes halogenated alkanes) is 6. The van der Waals surface area contributed by atoms with E-state index < -0.39 is 12.1 Å². The molecule has 1 N–H and O–H groups in total. The second kappa shape index (κ2) is 17.0. The van der Waals surface area contributed by atoms with Gasteiger partial charge in [-0.1, -0.05) is 70.2 Å². The molecule has 0 heterocycles. The predicted molar refractivity (Wildman–Crippen MR) is 103 cm³/mol. The van der Waals surface area contributed by atoms with Crippen molar-refractivity contribution in [3.8, 4) is 5.75 Å². The number of esters is 1. The van der Waals surface area contributed by atoms with Gasteiger partial charge in [0.2, 0.25) is 0 Å². The largest absolute Gasteiger partial charge is 0.494 e. The van der Waals surface area contributed by atoms with Gasteiger partial charge in [0.1, 0.15) is 12.4 Å². The maximum absolute atomic E-state index is 10.3. The van der Waals surface area contributed by atoms with Crippen LogP contribution < -0.4 is 4.74 Å². The van der Waals surface area contributed by atoms with E-state index in [1.165, 1.54) is 51.9 Å². The van der Waals surface area contributed by atoms with Crippen LogP contribution in [0.15, 0.2) is 43.0 Å². The van der Waals surface area contributed by atoms with Gasteiger partial charge in [0, 0.05) is 6.08 Å². The van der Waals surface area contributed by atoms with Gasteiger partial charge in [-0.2, -0.15) is 0 Å². The highest BCUT2D eigenvalue weighted by molar-refractivity contribution is 5.81. The van der Waals surface area contributed by atoms with Crippen LogP contribution in [0.1, 0.15) is 58.8 Å². The lowest BCUT2D eigenvalue weighted by atomic mass is 10.1. The van der Waals surface area contributed by atoms with E-state index in [-0.39, 0.29) is 6.61 Å². The molecule has 142 valence electrons. The van der Waals surface area contributed by atoms with Crippen molar-refractivity contribution in [2.75, 3.05) is 13.2 Å². The second-order valence-corrected chi connectivity index (χ2v) is 5.97. The molecule has 0 spiro atoms. The third-order valence-corrected chi connectivity index (χ3v) is 3.39. The molecule has 1 atom stereocenters. The van der Waals surface area contributed by atoms with Gasteiger partial charge in [0.05, 0.1) is 12.7 Å². The number of aliphatic hydroxyl groups excluding tert-OH is 1. The van der Waals surface area contributed by atoms with Gasteiger partial charge in [-0.3, -0.25) is 0 Å². The van der Waals surface area contributed by atoms with Crippen molar-refractivity contribution in [1.29, 1.82) is 0 Å². The minimum absolute atomic E-state index is 0.0326. The van der Waals surface area contributed by atoms with Crippen molar-refractivity contribution in [2.45, 2.75) is 64.9 Å². The van der Waals surface area contributed by atoms with Crippen molar-refractivity contribution in [2.24, 2.45) is 0 Å². The van der Waals surface area contributed by atoms with Crippen LogP contribution in [-0.2, 0) is 9.53 Å². The molecule has 4 nitrogen and oxygen atoms in total. The van der Waals surface area contributed by atoms with Gasteiger partial charge in [0.25, 0.3) is 0 Å². The maximum atomic E-state index is 10.3. The number of benzene rings is 1. The summed E-state index contributed by atoms with van der Waals surface area (Å²) in [6.45, 7) is 7.87. The van der Waals surface area contributed by atoms with Crippen LogP contribution >= 0.6 is 0 Å². The van der Waals surface area contributed by atoms with Crippen LogP contribution in [0.3, 0.4) is 0 Å². The Kier molecular flexibility index (Phi) is 15.8. The fourth-order valence-electron chi connectivity index (χ4n) is 2.03. The van der Waals surface area contributed by atoms with Gasteiger partial charge in [-0.25, -0.2) is 4.79 Å². The Morgan fingerprint density at radius 2 is 1.72 bits per heavy atom. The van der Waals surface area contributed by atoms with Gasteiger partial charge in [0.15, 0.2) is 0 Å². The lowest BCUT2D eigenvalue weighted by molar-refractivity contribution is -0.140. The summed E-state index contributed by atoms with van der Waals surface area (Å²) >= 11 is 0. The SMILES string of the molecule is C=CC(=O)OCC(C)O.CCCCCCCCCOc1ccccc1. The van der Waals surface area contributed by atoms with E-state index in [9.17, 15) is 4.79 Å². The van der Waals surface area contributed by atoms with Gasteiger partial charge >= 0.3 is 5.97 Å². The molecule has 0 aromatic heterocycles. The highest BCUT2D eigenvalue weighted by Crippen LogP contribution is 2.10. The van der Waals surface area contributed by atoms with E-state index >= 15 is 0 Å². The first kappa shape index (κ1) is 23.2. The first-order valence-corrected chi connectivity index (χ1v) is 9.25. The topological polar surface area (TPSA) is 55.8 Å². The summed E-state index contributed by atoms with van der Waals surface area (Å²) in [7, 11) is 0. The number of aliphatic hydroxyl groups is 1. The molecule has 0 saturated heterocycles. The number of para-hydroxylation sites is 1. The Hall–Kier alpha value is -1.81. The summed E-state index contributed by atoms with van der Waals surface area (Å²) in [5.74, 6) is 0.490. The van der Waals surface area contributed by atoms with Crippen LogP contribution in [-0.4, -0.2) is 30.4 Å². The van der Waals surface area contributed by atoms with Crippen LogP contribution in [0.2, 0.25) is 0 Å². The molecule has 0 aliphatic rings. The van der Waals surface area contributed by atoms with Crippen molar-refractivity contribution in [1.82, 2.24) is 0 Å². The van der Waals surface area contributed by atoms with E-state index in [4.69, 9.17) is 9.84 Å². The van der Waals surface area contributed by atoms with E-state index in [0.717, 1.165) is 18.4 Å². The first-order valence-electron chi connectivity index (χ1n) is 9.25. The molecule has 0 radical (unpaired) electrons. The first-order chi connectivity index (χ1) is 12.1. The van der Waals surface area contributed by atoms with Crippen molar-refractivity contribution < 1.29 is 19.4 Å². The summed E-state index contributed by atoms with van der Waals surface area (Å²) in [5.41, 5.74) is 0. The summed E-state index contributed by atoms with van der Waals surface area (Å²) in [5, 5.41) is 8.59. The number of hydrogen-bond acceptors (Lipinski definition) is 4. The average Bonchev–Trinajstić information content (AvgIpc) is 2.63. The average molecular weight is 350 g/mol. The molecule has 0 amide bonds. The molecule has 25 heavy (non-hydrogen) atoms. The third-order valence-electron chi connectivity index (χ3n) is 3.39. The number of hydrogen-bond donors (Lipinski definition) is 1. The van der Waals surface area contributed by atoms with Crippen molar-refractivity contribution in [3.63, 3.8) is 0 Å². The zero-order valence-electron chi connectivity index (χ0n) is 15.8. The molecule has 0 fully saturated rings. The Balaban J connectivity index is 0.000000547. The van der Waals surface area contributed by atoms with Gasteiger partial charge in [-0.05, 0) is 25.5 Å². The minimum Gasteiger partial charge on any atom is -0.494 e. The van der Waals surface area contributed by atoms with Crippen molar-refractivity contribution in [3.05, 3.63) is 43.0 Å². The Morgan fingerprint density at radius 1 is 1.12 bits per heavy atom. The number of rotatable bonds is 12. The van der Waals surface area contributed by atoms with Gasteiger partial charge in [-0.15, -0.1) is 0 Å². The third kappa shape index (κ3) is 16.8. The maximum Gasteiger partial charge on any atom is 0.330 e. The molecular weight excluding hydrogens is 316 g/mol. The minimum atomic E-state index is -0.603. The molecular formula is C21H34O4. The van der Waals surface area contributed by atoms with E-state index in [2.05, 4.69) is 18.2 Å². The molecule has 1 aromatic carbocycles. The molecule has 1 rings (SSSR count). The number of carbonyl (C=O) groups is 1. The fourth-order valence-corrected chi connectivity index (χ4v) is 2.03. The van der Waals surface area contributed by atoms with Crippen molar-refractivity contribution >= 4 is 5.97 Å². The Bertz CT molecular complexity index is 429. The lowest BCUT2D eigenvalue weighted by Gasteiger charge is -2.05. The second-order valence-electron chi connectivity index (χ2n) is 5.97. The quantitative estimate of drug-likeness (QED) is 0.330. The molecule has 0 aliphatic heterocycles. The Morgan fingerprint density at radius 3 is 2.28 bits per heavy atom. The van der Waals surface area contributed by atoms with Crippen LogP contribution in [0.5, 0.6) is 5.75 Å². The predicted octanol–water partition coefficient (Wildman–Crippen LogP) is 4.91. The summed E-state index contributed by atoms with van der Waals surface area (Å²) in [6, 6.07) is 10.1. The summed E-state index contributed by atoms with van der Waals surface area (Å²) in [4.78, 5) is 10.3. The highest BCUT2D eigenvalue weighted by atomic mass is 16.5. The lowest BCUT2D eigenvalue weighted by Crippen LogP contribution is -2.13. The monoisotopic (exact) mass is 350 g/mol. The highest BCUT2D eigenvalue weighted by Gasteiger charge is 1.98. The van der Waals surface area contributed by atoms with Crippen LogP contribution in [0.4, 0.5) is 0 Å². The smallest absolute Gasteiger partial charge is 0.330 e. The molecule has 0 saturated carbocycles. The molecule has 4 heteroatoms. The van der Waals surface area contributed by atoms with E-state index in [1.54, 1.807) is 0 Å². The molecule has 1 aromatic rings. The zero-order valence-corrected chi connectivity index (χ0v) is 15.8. The normalized spacial score (nSPS) is 11.0. The van der Waals surface area contributed by atoms with Crippen LogP contribution in [0.25, 0.3) is 0 Å². The standard InChI is InChI=1S/C15H24O.C6H10O3/c1-2-3-4-5-6-7-11-14-16-15-12-9-8-10-13-15;1-3-6(8)9-4-5(2)7/h8-10,12-13H,2-7,11,14H2,1H3;3,5,7H,1,4H2,2H3. The number of ether oxygens (including phenoxy) is 2. The zero-order chi connectivity index (χ0) is 18.8.